The number of benzene rings is 1. The maximum Gasteiger partial charge on any atom is 0.0452 e. The molecule has 1 aromatic carbocycles. The molecule has 1 heteroatoms. The smallest absolute Gasteiger partial charge is 0.0452 e. The van der Waals surface area contributed by atoms with Crippen LogP contribution in [-0.4, -0.2) is 14.1 Å². The largest absolute Gasteiger partial charge is 0.0984 e. The Hall–Kier alpha value is -0.693. The molecule has 0 saturated heterocycles. The highest BCUT2D eigenvalue weighted by molar-refractivity contribution is 6.92. The molecule has 1 heterocycles. The van der Waals surface area contributed by atoms with Crippen molar-refractivity contribution in [3.63, 3.8) is 0 Å². The first-order valence-electron chi connectivity index (χ1n) is 4.87. The lowest BCUT2D eigenvalue weighted by Crippen LogP contribution is -2.15. The molecule has 0 fully saturated rings. The fourth-order valence-electron chi connectivity index (χ4n) is 1.47. The van der Waals surface area contributed by atoms with E-state index in [4.69, 9.17) is 0 Å². The van der Waals surface area contributed by atoms with E-state index in [1.54, 1.807) is 5.19 Å². The van der Waals surface area contributed by atoms with Crippen LogP contribution in [0.25, 0.3) is 0 Å². The van der Waals surface area contributed by atoms with Gasteiger partial charge in [-0.3, -0.25) is 0 Å². The summed E-state index contributed by atoms with van der Waals surface area (Å²) < 4.78 is 0. The van der Waals surface area contributed by atoms with Crippen LogP contribution in [0.1, 0.15) is 26.3 Å². The maximum atomic E-state index is 2.46. The third-order valence-corrected chi connectivity index (χ3v) is 4.42. The first-order valence-corrected chi connectivity index (χ1v) is 6.66. The quantitative estimate of drug-likeness (QED) is 0.592. The third kappa shape index (κ3) is 1.97. The Morgan fingerprint density at radius 2 is 1.62 bits per heavy atom. The summed E-state index contributed by atoms with van der Waals surface area (Å²) in [6.07, 6.45) is 0. The van der Waals surface area contributed by atoms with Gasteiger partial charge in [0.1, 0.15) is 0 Å². The standard InChI is InChI=1S/C12H16Si/c1-12(2,3)10-4-6-11(7-5-10)13-8-9-13/h4-8H,9H2,1-3H3. The van der Waals surface area contributed by atoms with Gasteiger partial charge in [-0.15, -0.1) is 0 Å². The average molecular weight is 188 g/mol. The molecule has 1 aliphatic rings. The highest BCUT2D eigenvalue weighted by atomic mass is 28.2. The molecule has 0 atom stereocenters. The first kappa shape index (κ1) is 8.89. The van der Waals surface area contributed by atoms with Gasteiger partial charge in [0.2, 0.25) is 0 Å². The van der Waals surface area contributed by atoms with Gasteiger partial charge in [-0.25, -0.2) is 0 Å². The van der Waals surface area contributed by atoms with E-state index >= 15 is 0 Å². The van der Waals surface area contributed by atoms with Crippen molar-refractivity contribution < 1.29 is 0 Å². The molecule has 68 valence electrons. The lowest BCUT2D eigenvalue weighted by molar-refractivity contribution is 0.590. The van der Waals surface area contributed by atoms with Gasteiger partial charge >= 0.3 is 0 Å². The van der Waals surface area contributed by atoms with E-state index in [1.165, 1.54) is 11.6 Å². The molecule has 2 rings (SSSR count). The predicted molar refractivity (Wildman–Crippen MR) is 61.4 cm³/mol. The Balaban J connectivity index is 2.28. The van der Waals surface area contributed by atoms with Crippen LogP contribution in [0.4, 0.5) is 0 Å². The van der Waals surface area contributed by atoms with Crippen molar-refractivity contribution in [1.82, 2.24) is 0 Å². The van der Waals surface area contributed by atoms with Crippen LogP contribution in [0.2, 0.25) is 6.04 Å². The minimum Gasteiger partial charge on any atom is -0.0984 e. The first-order chi connectivity index (χ1) is 6.07. The van der Waals surface area contributed by atoms with E-state index in [-0.39, 0.29) is 8.41 Å². The molecular formula is C12H16Si. The van der Waals surface area contributed by atoms with Gasteiger partial charge in [0.15, 0.2) is 0 Å². The van der Waals surface area contributed by atoms with Gasteiger partial charge in [-0.2, -0.15) is 0 Å². The Morgan fingerprint density at radius 3 is 2.00 bits per heavy atom. The second-order valence-electron chi connectivity index (χ2n) is 4.76. The van der Waals surface area contributed by atoms with Crippen molar-refractivity contribution in [1.29, 1.82) is 0 Å². The molecule has 13 heavy (non-hydrogen) atoms. The van der Waals surface area contributed by atoms with Crippen molar-refractivity contribution in [3.05, 3.63) is 29.8 Å². The fraction of sp³-hybridized carbons (Fsp3) is 0.417. The molecule has 1 aromatic rings. The summed E-state index contributed by atoms with van der Waals surface area (Å²) in [6.45, 7) is 6.79. The molecule has 0 nitrogen and oxygen atoms in total. The molecule has 1 aliphatic heterocycles. The summed E-state index contributed by atoms with van der Waals surface area (Å²) >= 11 is 0. The normalized spacial score (nSPS) is 15.5. The van der Waals surface area contributed by atoms with E-state index in [2.05, 4.69) is 50.7 Å². The molecule has 0 aliphatic carbocycles. The third-order valence-electron chi connectivity index (χ3n) is 2.53. The molecule has 0 amide bonds. The summed E-state index contributed by atoms with van der Waals surface area (Å²) in [5, 5.41) is 1.58. The van der Waals surface area contributed by atoms with Crippen molar-refractivity contribution >= 4 is 19.3 Å². The van der Waals surface area contributed by atoms with Crippen LogP contribution in [0.5, 0.6) is 0 Å². The maximum absolute atomic E-state index is 2.46. The Labute approximate surface area is 81.8 Å². The highest BCUT2D eigenvalue weighted by Gasteiger charge is 2.15. The van der Waals surface area contributed by atoms with Crippen molar-refractivity contribution in [2.75, 3.05) is 0 Å². The van der Waals surface area contributed by atoms with E-state index in [9.17, 15) is 0 Å². The van der Waals surface area contributed by atoms with Crippen LogP contribution >= 0.6 is 0 Å². The minimum atomic E-state index is -0.149. The molecule has 0 aromatic heterocycles. The topological polar surface area (TPSA) is 0 Å². The summed E-state index contributed by atoms with van der Waals surface area (Å²) in [7, 11) is -0.149. The second kappa shape index (κ2) is 2.91. The van der Waals surface area contributed by atoms with E-state index < -0.39 is 0 Å². The van der Waals surface area contributed by atoms with E-state index in [0.717, 1.165) is 0 Å². The van der Waals surface area contributed by atoms with Crippen molar-refractivity contribution in [3.8, 4) is 0 Å². The summed E-state index contributed by atoms with van der Waals surface area (Å²) in [5.74, 6) is 0. The van der Waals surface area contributed by atoms with Crippen LogP contribution in [0.3, 0.4) is 0 Å². The summed E-state index contributed by atoms with van der Waals surface area (Å²) in [6, 6.07) is 10.6. The lowest BCUT2D eigenvalue weighted by atomic mass is 9.87. The molecule has 0 unspecified atom stereocenters. The van der Waals surface area contributed by atoms with E-state index in [0.29, 0.717) is 5.41 Å². The summed E-state index contributed by atoms with van der Waals surface area (Å²) in [5.41, 5.74) is 4.19. The number of rotatable bonds is 1. The lowest BCUT2D eigenvalue weighted by Gasteiger charge is -2.18. The fourth-order valence-corrected chi connectivity index (χ4v) is 2.95. The second-order valence-corrected chi connectivity index (χ2v) is 7.21. The SMILES string of the molecule is CC(C)(C)c1ccc([Si]2=CC2)cc1. The van der Waals surface area contributed by atoms with Gasteiger partial charge in [-0.1, -0.05) is 50.7 Å². The molecule has 0 saturated carbocycles. The van der Waals surface area contributed by atoms with Crippen LogP contribution < -0.4 is 5.19 Å². The Morgan fingerprint density at radius 1 is 1.08 bits per heavy atom. The molecule has 0 bridgehead atoms. The zero-order valence-corrected chi connectivity index (χ0v) is 9.59. The van der Waals surface area contributed by atoms with Gasteiger partial charge in [0.25, 0.3) is 0 Å². The van der Waals surface area contributed by atoms with Gasteiger partial charge in [0.05, 0.1) is 0 Å². The van der Waals surface area contributed by atoms with Gasteiger partial charge < -0.3 is 0 Å². The predicted octanol–water partition coefficient (Wildman–Crippen LogP) is 2.08. The molecular weight excluding hydrogens is 172 g/mol. The highest BCUT2D eigenvalue weighted by Crippen LogP contribution is 2.20. The Kier molecular flexibility index (Phi) is 1.99. The average Bonchev–Trinajstić information content (AvgIpc) is 2.85. The summed E-state index contributed by atoms with van der Waals surface area (Å²) in [4.78, 5) is 0. The molecule has 0 spiro atoms. The molecule has 0 radical (unpaired) electrons. The van der Waals surface area contributed by atoms with Crippen molar-refractivity contribution in [2.24, 2.45) is 0 Å². The monoisotopic (exact) mass is 188 g/mol. The zero-order valence-electron chi connectivity index (χ0n) is 8.59. The van der Waals surface area contributed by atoms with Crippen molar-refractivity contribution in [2.45, 2.75) is 32.2 Å². The minimum absolute atomic E-state index is 0.149. The molecule has 0 N–H and O–H groups in total. The number of hydrogen-bond donors (Lipinski definition) is 0. The van der Waals surface area contributed by atoms with Crippen LogP contribution in [0, 0.1) is 0 Å². The number of hydrogen-bond acceptors (Lipinski definition) is 0. The van der Waals surface area contributed by atoms with E-state index in [1.807, 2.05) is 0 Å². The van der Waals surface area contributed by atoms with Gasteiger partial charge in [-0.05, 0) is 22.2 Å². The van der Waals surface area contributed by atoms with Crippen LogP contribution in [-0.2, 0) is 5.41 Å². The van der Waals surface area contributed by atoms with Crippen LogP contribution in [0.15, 0.2) is 24.3 Å². The Bertz CT molecular complexity index is 338. The van der Waals surface area contributed by atoms with Gasteiger partial charge in [0, 0.05) is 8.41 Å². The zero-order chi connectivity index (χ0) is 9.47.